The van der Waals surface area contributed by atoms with Gasteiger partial charge in [-0.2, -0.15) is 13.2 Å². The number of hydrogen-bond acceptors (Lipinski definition) is 4. The third-order valence-electron chi connectivity index (χ3n) is 3.36. The van der Waals surface area contributed by atoms with Crippen LogP contribution in [0, 0.1) is 0 Å². The third kappa shape index (κ3) is 4.29. The molecule has 0 saturated carbocycles. The van der Waals surface area contributed by atoms with Gasteiger partial charge in [-0.25, -0.2) is 9.97 Å². The Morgan fingerprint density at radius 1 is 1.25 bits per heavy atom. The van der Waals surface area contributed by atoms with Crippen molar-refractivity contribution < 1.29 is 23.1 Å². The number of hydrogen-bond donors (Lipinski definition) is 2. The van der Waals surface area contributed by atoms with E-state index >= 15 is 0 Å². The van der Waals surface area contributed by atoms with Gasteiger partial charge in [-0.3, -0.25) is 4.79 Å². The average Bonchev–Trinajstić information content (AvgIpc) is 2.58. The third-order valence-corrected chi connectivity index (χ3v) is 3.36. The zero-order valence-corrected chi connectivity index (χ0v) is 12.8. The highest BCUT2D eigenvalue weighted by Crippen LogP contribution is 2.34. The molecule has 2 rings (SSSR count). The molecule has 5 nitrogen and oxygen atoms in total. The number of nitrogens with one attached hydrogen (secondary N) is 1. The summed E-state index contributed by atoms with van der Waals surface area (Å²) in [4.78, 5) is 19.9. The molecule has 1 heterocycles. The van der Waals surface area contributed by atoms with Crippen LogP contribution in [0.2, 0.25) is 0 Å². The zero-order valence-electron chi connectivity index (χ0n) is 12.8. The van der Waals surface area contributed by atoms with Crippen LogP contribution in [0.5, 0.6) is 0 Å². The van der Waals surface area contributed by atoms with Crippen LogP contribution in [0.15, 0.2) is 36.7 Å². The smallest absolute Gasteiger partial charge is 0.387 e. The number of rotatable bonds is 5. The van der Waals surface area contributed by atoms with Gasteiger partial charge < -0.3 is 10.4 Å². The molecule has 0 aliphatic rings. The number of aromatic nitrogens is 2. The van der Waals surface area contributed by atoms with Crippen molar-refractivity contribution in [3.63, 3.8) is 0 Å². The topological polar surface area (TPSA) is 75.1 Å². The molecule has 0 aliphatic heterocycles. The molecule has 0 bridgehead atoms. The Hall–Kier alpha value is -2.48. The summed E-state index contributed by atoms with van der Waals surface area (Å²) < 4.78 is 38.8. The minimum absolute atomic E-state index is 0.170. The molecular weight excluding hydrogens is 323 g/mol. The van der Waals surface area contributed by atoms with Crippen LogP contribution in [0.1, 0.15) is 40.3 Å². The van der Waals surface area contributed by atoms with E-state index < -0.39 is 23.8 Å². The van der Waals surface area contributed by atoms with Gasteiger partial charge in [0.25, 0.3) is 5.91 Å². The first-order valence-electron chi connectivity index (χ1n) is 7.26. The minimum atomic E-state index is -4.58. The van der Waals surface area contributed by atoms with Gasteiger partial charge in [0.15, 0.2) is 0 Å². The van der Waals surface area contributed by atoms with E-state index in [4.69, 9.17) is 0 Å². The molecule has 0 aliphatic carbocycles. The van der Waals surface area contributed by atoms with E-state index in [0.29, 0.717) is 12.2 Å². The first-order chi connectivity index (χ1) is 11.3. The molecule has 2 aromatic rings. The predicted octanol–water partition coefficient (Wildman–Crippen LogP) is 2.52. The maximum absolute atomic E-state index is 12.9. The van der Waals surface area contributed by atoms with Crippen LogP contribution in [0.3, 0.4) is 0 Å². The number of carbonyl (C=O) groups excluding carboxylic acids is 1. The summed E-state index contributed by atoms with van der Waals surface area (Å²) in [5.41, 5.74) is -1.05. The van der Waals surface area contributed by atoms with Crippen LogP contribution in [-0.2, 0) is 12.6 Å². The van der Waals surface area contributed by atoms with Gasteiger partial charge in [0, 0.05) is 25.4 Å². The molecule has 1 aromatic heterocycles. The Bertz CT molecular complexity index is 702. The second kappa shape index (κ2) is 7.39. The van der Waals surface area contributed by atoms with Crippen LogP contribution in [0.25, 0.3) is 0 Å². The first kappa shape index (κ1) is 17.9. The van der Waals surface area contributed by atoms with E-state index in [1.807, 2.05) is 6.92 Å². The average molecular weight is 339 g/mol. The lowest BCUT2D eigenvalue weighted by Gasteiger charge is -2.17. The number of amides is 1. The quantitative estimate of drug-likeness (QED) is 0.878. The maximum Gasteiger partial charge on any atom is 0.416 e. The number of alkyl halides is 3. The molecule has 128 valence electrons. The SMILES string of the molecule is CCc1ncc(C(=O)NC[C@H](O)c2ccccc2C(F)(F)F)cn1. The monoisotopic (exact) mass is 339 g/mol. The first-order valence-corrected chi connectivity index (χ1v) is 7.26. The van der Waals surface area contributed by atoms with E-state index in [0.717, 1.165) is 6.07 Å². The highest BCUT2D eigenvalue weighted by Gasteiger charge is 2.34. The van der Waals surface area contributed by atoms with Crippen LogP contribution in [0.4, 0.5) is 13.2 Å². The molecule has 0 unspecified atom stereocenters. The minimum Gasteiger partial charge on any atom is -0.387 e. The van der Waals surface area contributed by atoms with E-state index in [1.54, 1.807) is 0 Å². The number of carbonyl (C=O) groups is 1. The fourth-order valence-corrected chi connectivity index (χ4v) is 2.10. The van der Waals surface area contributed by atoms with E-state index in [9.17, 15) is 23.1 Å². The van der Waals surface area contributed by atoms with Gasteiger partial charge in [0.2, 0.25) is 0 Å². The van der Waals surface area contributed by atoms with Crippen LogP contribution < -0.4 is 5.32 Å². The molecule has 2 N–H and O–H groups in total. The van der Waals surface area contributed by atoms with Crippen LogP contribution in [-0.4, -0.2) is 27.5 Å². The molecule has 1 aromatic carbocycles. The van der Waals surface area contributed by atoms with Crippen LogP contribution >= 0.6 is 0 Å². The Kier molecular flexibility index (Phi) is 5.50. The second-order valence-corrected chi connectivity index (χ2v) is 5.05. The van der Waals surface area contributed by atoms with Gasteiger partial charge >= 0.3 is 6.18 Å². The molecular formula is C16H16F3N3O2. The number of benzene rings is 1. The summed E-state index contributed by atoms with van der Waals surface area (Å²) in [6.07, 6.45) is -2.78. The van der Waals surface area contributed by atoms with Gasteiger partial charge in [-0.05, 0) is 11.6 Å². The molecule has 0 radical (unpaired) electrons. The summed E-state index contributed by atoms with van der Waals surface area (Å²) in [6, 6.07) is 4.70. The Balaban J connectivity index is 2.05. The van der Waals surface area contributed by atoms with E-state index in [1.165, 1.54) is 30.6 Å². The lowest BCUT2D eigenvalue weighted by molar-refractivity contribution is -0.139. The van der Waals surface area contributed by atoms with Crippen molar-refractivity contribution in [2.45, 2.75) is 25.6 Å². The number of nitrogens with zero attached hydrogens (tertiary/aromatic N) is 2. The van der Waals surface area contributed by atoms with E-state index in [2.05, 4.69) is 15.3 Å². The second-order valence-electron chi connectivity index (χ2n) is 5.05. The highest BCUT2D eigenvalue weighted by molar-refractivity contribution is 5.93. The molecule has 0 spiro atoms. The van der Waals surface area contributed by atoms with Crippen molar-refractivity contribution >= 4 is 5.91 Å². The number of halogens is 3. The zero-order chi connectivity index (χ0) is 17.7. The summed E-state index contributed by atoms with van der Waals surface area (Å²) in [5.74, 6) is 0.00637. The van der Waals surface area contributed by atoms with Gasteiger partial charge in [-0.15, -0.1) is 0 Å². The number of aryl methyl sites for hydroxylation is 1. The predicted molar refractivity (Wildman–Crippen MR) is 80.1 cm³/mol. The van der Waals surface area contributed by atoms with E-state index in [-0.39, 0.29) is 17.7 Å². The molecule has 0 fully saturated rings. The van der Waals surface area contributed by atoms with Crippen molar-refractivity contribution in [2.75, 3.05) is 6.54 Å². The van der Waals surface area contributed by atoms with Crippen molar-refractivity contribution in [3.05, 3.63) is 59.2 Å². The lowest BCUT2D eigenvalue weighted by Crippen LogP contribution is -2.29. The lowest BCUT2D eigenvalue weighted by atomic mass is 10.0. The fraction of sp³-hybridized carbons (Fsp3) is 0.312. The van der Waals surface area contributed by atoms with Crippen molar-refractivity contribution in [1.29, 1.82) is 0 Å². The Labute approximate surface area is 136 Å². The largest absolute Gasteiger partial charge is 0.416 e. The molecule has 0 saturated heterocycles. The fourth-order valence-electron chi connectivity index (χ4n) is 2.10. The maximum atomic E-state index is 12.9. The summed E-state index contributed by atoms with van der Waals surface area (Å²) in [5, 5.41) is 12.4. The van der Waals surface area contributed by atoms with Gasteiger partial charge in [0.1, 0.15) is 5.82 Å². The van der Waals surface area contributed by atoms with Crippen molar-refractivity contribution in [1.82, 2.24) is 15.3 Å². The normalized spacial score (nSPS) is 12.7. The van der Waals surface area contributed by atoms with Crippen molar-refractivity contribution in [2.24, 2.45) is 0 Å². The Morgan fingerprint density at radius 3 is 2.46 bits per heavy atom. The molecule has 24 heavy (non-hydrogen) atoms. The molecule has 1 atom stereocenters. The highest BCUT2D eigenvalue weighted by atomic mass is 19.4. The Morgan fingerprint density at radius 2 is 1.88 bits per heavy atom. The molecule has 8 heteroatoms. The van der Waals surface area contributed by atoms with Gasteiger partial charge in [-0.1, -0.05) is 25.1 Å². The summed E-state index contributed by atoms with van der Waals surface area (Å²) >= 11 is 0. The summed E-state index contributed by atoms with van der Waals surface area (Å²) in [7, 11) is 0. The number of aliphatic hydroxyl groups is 1. The summed E-state index contributed by atoms with van der Waals surface area (Å²) in [6.45, 7) is 1.50. The molecule has 1 amide bonds. The van der Waals surface area contributed by atoms with Gasteiger partial charge in [0.05, 0.1) is 17.2 Å². The standard InChI is InChI=1S/C16H16F3N3O2/c1-2-14-20-7-10(8-21-14)15(24)22-9-13(23)11-5-3-4-6-12(11)16(17,18)19/h3-8,13,23H,2,9H2,1H3,(H,22,24)/t13-/m0/s1. The van der Waals surface area contributed by atoms with Crippen molar-refractivity contribution in [3.8, 4) is 0 Å². The number of aliphatic hydroxyl groups excluding tert-OH is 1.